The second kappa shape index (κ2) is 5.14. The Balaban J connectivity index is 1.94. The Morgan fingerprint density at radius 2 is 2.00 bits per heavy atom. The number of para-hydroxylation sites is 1. The molecule has 2 aromatic rings. The maximum absolute atomic E-state index is 10.00. The van der Waals surface area contributed by atoms with Crippen LogP contribution in [0, 0.1) is 6.92 Å². The monoisotopic (exact) mass is 233 g/mol. The molecule has 0 aliphatic rings. The zero-order chi connectivity index (χ0) is 11.4. The Kier molecular flexibility index (Phi) is 3.59. The summed E-state index contributed by atoms with van der Waals surface area (Å²) in [6.07, 6.45) is -0.430. The standard InChI is InChI=1S/C13H15NOS/c1-10-7-8-16-13(10)12(15)9-14-11-5-3-2-4-6-11/h2-8,12,14-15H,9H2,1H3. The number of anilines is 1. The van der Waals surface area contributed by atoms with Crippen LogP contribution in [-0.4, -0.2) is 11.7 Å². The lowest BCUT2D eigenvalue weighted by Crippen LogP contribution is -2.11. The van der Waals surface area contributed by atoms with Crippen molar-refractivity contribution >= 4 is 17.0 Å². The SMILES string of the molecule is Cc1ccsc1C(O)CNc1ccccc1. The summed E-state index contributed by atoms with van der Waals surface area (Å²) in [6, 6.07) is 12.0. The summed E-state index contributed by atoms with van der Waals surface area (Å²) in [5.74, 6) is 0. The second-order valence-corrected chi connectivity index (χ2v) is 4.68. The van der Waals surface area contributed by atoms with Crippen molar-refractivity contribution in [3.05, 3.63) is 52.2 Å². The van der Waals surface area contributed by atoms with Gasteiger partial charge in [0, 0.05) is 17.1 Å². The molecule has 1 heterocycles. The van der Waals surface area contributed by atoms with Gasteiger partial charge in [-0.25, -0.2) is 0 Å². The van der Waals surface area contributed by atoms with E-state index in [1.165, 1.54) is 0 Å². The molecule has 1 aromatic carbocycles. The summed E-state index contributed by atoms with van der Waals surface area (Å²) in [5.41, 5.74) is 2.20. The molecule has 0 radical (unpaired) electrons. The van der Waals surface area contributed by atoms with Crippen molar-refractivity contribution in [2.45, 2.75) is 13.0 Å². The normalized spacial score (nSPS) is 12.4. The van der Waals surface area contributed by atoms with E-state index in [1.807, 2.05) is 48.7 Å². The Labute approximate surface area is 99.6 Å². The number of aliphatic hydroxyl groups is 1. The maximum Gasteiger partial charge on any atom is 0.106 e. The number of rotatable bonds is 4. The number of hydrogen-bond donors (Lipinski definition) is 2. The number of nitrogens with one attached hydrogen (secondary N) is 1. The highest BCUT2D eigenvalue weighted by molar-refractivity contribution is 7.10. The fourth-order valence-corrected chi connectivity index (χ4v) is 2.50. The molecule has 84 valence electrons. The quantitative estimate of drug-likeness (QED) is 0.850. The summed E-state index contributed by atoms with van der Waals surface area (Å²) in [5, 5.41) is 15.2. The molecule has 0 spiro atoms. The molecule has 16 heavy (non-hydrogen) atoms. The van der Waals surface area contributed by atoms with Crippen LogP contribution in [0.5, 0.6) is 0 Å². The predicted octanol–water partition coefficient (Wildman–Crippen LogP) is 3.20. The van der Waals surface area contributed by atoms with Crippen LogP contribution in [0.15, 0.2) is 41.8 Å². The molecule has 0 saturated heterocycles. The Morgan fingerprint density at radius 3 is 2.62 bits per heavy atom. The topological polar surface area (TPSA) is 32.3 Å². The zero-order valence-electron chi connectivity index (χ0n) is 9.18. The molecule has 1 aromatic heterocycles. The highest BCUT2D eigenvalue weighted by Gasteiger charge is 2.10. The van der Waals surface area contributed by atoms with E-state index in [2.05, 4.69) is 5.32 Å². The Hall–Kier alpha value is -1.32. The van der Waals surface area contributed by atoms with E-state index in [0.717, 1.165) is 16.1 Å². The number of aliphatic hydroxyl groups excluding tert-OH is 1. The first-order chi connectivity index (χ1) is 7.77. The Bertz CT molecular complexity index is 438. The van der Waals surface area contributed by atoms with Gasteiger partial charge in [-0.05, 0) is 36.1 Å². The van der Waals surface area contributed by atoms with Crippen LogP contribution in [0.1, 0.15) is 16.5 Å². The van der Waals surface area contributed by atoms with Crippen molar-refractivity contribution in [2.24, 2.45) is 0 Å². The first kappa shape index (κ1) is 11.2. The highest BCUT2D eigenvalue weighted by atomic mass is 32.1. The third kappa shape index (κ3) is 2.62. The van der Waals surface area contributed by atoms with Gasteiger partial charge in [0.05, 0.1) is 0 Å². The maximum atomic E-state index is 10.00. The van der Waals surface area contributed by atoms with Crippen molar-refractivity contribution in [1.29, 1.82) is 0 Å². The summed E-state index contributed by atoms with van der Waals surface area (Å²) in [4.78, 5) is 1.04. The average molecular weight is 233 g/mol. The van der Waals surface area contributed by atoms with E-state index in [0.29, 0.717) is 6.54 Å². The molecule has 2 rings (SSSR count). The van der Waals surface area contributed by atoms with Gasteiger partial charge >= 0.3 is 0 Å². The zero-order valence-corrected chi connectivity index (χ0v) is 10.00. The van der Waals surface area contributed by atoms with Crippen LogP contribution in [-0.2, 0) is 0 Å². The molecule has 0 fully saturated rings. The van der Waals surface area contributed by atoms with Crippen molar-refractivity contribution in [1.82, 2.24) is 0 Å². The minimum atomic E-state index is -0.430. The van der Waals surface area contributed by atoms with E-state index in [4.69, 9.17) is 0 Å². The van der Waals surface area contributed by atoms with E-state index < -0.39 is 6.10 Å². The average Bonchev–Trinajstić information content (AvgIpc) is 2.74. The van der Waals surface area contributed by atoms with E-state index in [9.17, 15) is 5.11 Å². The first-order valence-corrected chi connectivity index (χ1v) is 6.16. The van der Waals surface area contributed by atoms with Crippen molar-refractivity contribution in [3.8, 4) is 0 Å². The molecular formula is C13H15NOS. The van der Waals surface area contributed by atoms with Gasteiger partial charge in [-0.15, -0.1) is 11.3 Å². The van der Waals surface area contributed by atoms with Crippen LogP contribution in [0.4, 0.5) is 5.69 Å². The van der Waals surface area contributed by atoms with Crippen LogP contribution in [0.2, 0.25) is 0 Å². The molecule has 0 aliphatic heterocycles. The summed E-state index contributed by atoms with van der Waals surface area (Å²) in [6.45, 7) is 2.57. The van der Waals surface area contributed by atoms with Gasteiger partial charge in [0.15, 0.2) is 0 Å². The van der Waals surface area contributed by atoms with Gasteiger partial charge < -0.3 is 10.4 Å². The van der Waals surface area contributed by atoms with Crippen LogP contribution >= 0.6 is 11.3 Å². The van der Waals surface area contributed by atoms with E-state index in [1.54, 1.807) is 11.3 Å². The van der Waals surface area contributed by atoms with Gasteiger partial charge in [0.1, 0.15) is 6.10 Å². The van der Waals surface area contributed by atoms with Crippen LogP contribution < -0.4 is 5.32 Å². The van der Waals surface area contributed by atoms with Crippen LogP contribution in [0.25, 0.3) is 0 Å². The van der Waals surface area contributed by atoms with Gasteiger partial charge in [-0.1, -0.05) is 18.2 Å². The van der Waals surface area contributed by atoms with Gasteiger partial charge in [0.2, 0.25) is 0 Å². The number of hydrogen-bond acceptors (Lipinski definition) is 3. The molecule has 0 aliphatic carbocycles. The minimum absolute atomic E-state index is 0.430. The predicted molar refractivity (Wildman–Crippen MR) is 68.9 cm³/mol. The first-order valence-electron chi connectivity index (χ1n) is 5.28. The third-order valence-corrected chi connectivity index (χ3v) is 3.60. The second-order valence-electron chi connectivity index (χ2n) is 3.73. The van der Waals surface area contributed by atoms with E-state index >= 15 is 0 Å². The molecule has 0 saturated carbocycles. The number of aryl methyl sites for hydroxylation is 1. The molecule has 1 unspecified atom stereocenters. The van der Waals surface area contributed by atoms with Crippen molar-refractivity contribution < 1.29 is 5.11 Å². The smallest absolute Gasteiger partial charge is 0.106 e. The molecular weight excluding hydrogens is 218 g/mol. The lowest BCUT2D eigenvalue weighted by molar-refractivity contribution is 0.195. The molecule has 2 N–H and O–H groups in total. The van der Waals surface area contributed by atoms with Gasteiger partial charge in [-0.3, -0.25) is 0 Å². The molecule has 1 atom stereocenters. The van der Waals surface area contributed by atoms with E-state index in [-0.39, 0.29) is 0 Å². The number of benzene rings is 1. The lowest BCUT2D eigenvalue weighted by atomic mass is 10.2. The fraction of sp³-hybridized carbons (Fsp3) is 0.231. The summed E-state index contributed by atoms with van der Waals surface area (Å²) < 4.78 is 0. The molecule has 3 heteroatoms. The van der Waals surface area contributed by atoms with Crippen LogP contribution in [0.3, 0.4) is 0 Å². The van der Waals surface area contributed by atoms with Crippen molar-refractivity contribution in [3.63, 3.8) is 0 Å². The lowest BCUT2D eigenvalue weighted by Gasteiger charge is -2.12. The molecule has 2 nitrogen and oxygen atoms in total. The molecule has 0 amide bonds. The highest BCUT2D eigenvalue weighted by Crippen LogP contribution is 2.23. The minimum Gasteiger partial charge on any atom is -0.386 e. The fourth-order valence-electron chi connectivity index (χ4n) is 1.59. The summed E-state index contributed by atoms with van der Waals surface area (Å²) >= 11 is 1.60. The summed E-state index contributed by atoms with van der Waals surface area (Å²) in [7, 11) is 0. The Morgan fingerprint density at radius 1 is 1.25 bits per heavy atom. The number of thiophene rings is 1. The largest absolute Gasteiger partial charge is 0.386 e. The van der Waals surface area contributed by atoms with Gasteiger partial charge in [-0.2, -0.15) is 0 Å². The van der Waals surface area contributed by atoms with Gasteiger partial charge in [0.25, 0.3) is 0 Å². The third-order valence-electron chi connectivity index (χ3n) is 2.48. The molecule has 0 bridgehead atoms. The van der Waals surface area contributed by atoms with Crippen molar-refractivity contribution in [2.75, 3.05) is 11.9 Å².